The van der Waals surface area contributed by atoms with Crippen molar-refractivity contribution in [3.63, 3.8) is 0 Å². The van der Waals surface area contributed by atoms with Crippen LogP contribution in [-0.2, 0) is 0 Å². The average Bonchev–Trinajstić information content (AvgIpc) is 2.24. The molecule has 3 nitrogen and oxygen atoms in total. The second-order valence-electron chi connectivity index (χ2n) is 4.11. The van der Waals surface area contributed by atoms with Crippen molar-refractivity contribution in [1.29, 1.82) is 0 Å². The maximum Gasteiger partial charge on any atom is 0.195 e. The van der Waals surface area contributed by atoms with Crippen molar-refractivity contribution in [1.82, 2.24) is 0 Å². The lowest BCUT2D eigenvalue weighted by molar-refractivity contribution is 0.0115. The molecular weight excluding hydrogens is 192 g/mol. The normalized spacial score (nSPS) is 30.2. The van der Waals surface area contributed by atoms with E-state index in [1.807, 2.05) is 0 Å². The minimum atomic E-state index is -1.58. The maximum absolute atomic E-state index is 11.9. The first kappa shape index (κ1) is 10.1. The Bertz CT molecular complexity index is 446. The largest absolute Gasteiger partial charge is 0.381 e. The van der Waals surface area contributed by atoms with Gasteiger partial charge in [0.25, 0.3) is 0 Å². The van der Waals surface area contributed by atoms with E-state index in [0.29, 0.717) is 11.1 Å². The molecule has 0 saturated heterocycles. The van der Waals surface area contributed by atoms with Gasteiger partial charge in [-0.25, -0.2) is 0 Å². The van der Waals surface area contributed by atoms with Gasteiger partial charge in [0.05, 0.1) is 5.92 Å². The molecule has 0 heterocycles. The van der Waals surface area contributed by atoms with Gasteiger partial charge in [-0.1, -0.05) is 31.2 Å². The van der Waals surface area contributed by atoms with Crippen LogP contribution in [0.25, 0.3) is 0 Å². The SMILES string of the molecule is C[C@@H]1C(=O)c2ccccc2C(=O)[C@]1(C)O. The van der Waals surface area contributed by atoms with E-state index in [9.17, 15) is 14.7 Å². The minimum Gasteiger partial charge on any atom is -0.381 e. The second-order valence-corrected chi connectivity index (χ2v) is 4.11. The van der Waals surface area contributed by atoms with Crippen LogP contribution in [0.4, 0.5) is 0 Å². The predicted octanol–water partition coefficient (Wildman–Crippen LogP) is 1.45. The van der Waals surface area contributed by atoms with Crippen molar-refractivity contribution < 1.29 is 14.7 Å². The molecule has 0 fully saturated rings. The van der Waals surface area contributed by atoms with E-state index in [1.54, 1.807) is 31.2 Å². The molecule has 15 heavy (non-hydrogen) atoms. The molecule has 0 amide bonds. The molecule has 0 bridgehead atoms. The monoisotopic (exact) mass is 204 g/mol. The minimum absolute atomic E-state index is 0.171. The average molecular weight is 204 g/mol. The fraction of sp³-hybridized carbons (Fsp3) is 0.333. The Hall–Kier alpha value is -1.48. The zero-order chi connectivity index (χ0) is 11.2. The van der Waals surface area contributed by atoms with Gasteiger partial charge in [0, 0.05) is 11.1 Å². The van der Waals surface area contributed by atoms with Crippen molar-refractivity contribution in [2.45, 2.75) is 19.4 Å². The summed E-state index contributed by atoms with van der Waals surface area (Å²) in [4.78, 5) is 23.8. The van der Waals surface area contributed by atoms with Crippen LogP contribution in [-0.4, -0.2) is 22.3 Å². The Balaban J connectivity index is 2.68. The molecule has 1 aliphatic rings. The first-order chi connectivity index (χ1) is 6.96. The van der Waals surface area contributed by atoms with E-state index in [-0.39, 0.29) is 11.6 Å². The number of hydrogen-bond acceptors (Lipinski definition) is 3. The maximum atomic E-state index is 11.9. The summed E-state index contributed by atoms with van der Waals surface area (Å²) in [5, 5.41) is 9.96. The van der Waals surface area contributed by atoms with E-state index in [1.165, 1.54) is 6.92 Å². The fourth-order valence-corrected chi connectivity index (χ4v) is 1.85. The summed E-state index contributed by atoms with van der Waals surface area (Å²) < 4.78 is 0. The Kier molecular flexibility index (Phi) is 2.01. The van der Waals surface area contributed by atoms with E-state index >= 15 is 0 Å². The second kappa shape index (κ2) is 3.00. The third kappa shape index (κ3) is 1.23. The Morgan fingerprint density at radius 1 is 1.20 bits per heavy atom. The van der Waals surface area contributed by atoms with Gasteiger partial charge in [-0.3, -0.25) is 9.59 Å². The number of rotatable bonds is 0. The van der Waals surface area contributed by atoms with Crippen molar-refractivity contribution in [2.24, 2.45) is 5.92 Å². The zero-order valence-corrected chi connectivity index (χ0v) is 8.65. The third-order valence-electron chi connectivity index (χ3n) is 3.13. The lowest BCUT2D eigenvalue weighted by Crippen LogP contribution is -2.49. The van der Waals surface area contributed by atoms with Crippen LogP contribution >= 0.6 is 0 Å². The molecule has 1 aromatic rings. The van der Waals surface area contributed by atoms with Crippen LogP contribution in [0, 0.1) is 5.92 Å². The summed E-state index contributed by atoms with van der Waals surface area (Å²) in [6.07, 6.45) is 0. The van der Waals surface area contributed by atoms with E-state index < -0.39 is 11.5 Å². The van der Waals surface area contributed by atoms with Crippen molar-refractivity contribution in [2.75, 3.05) is 0 Å². The highest BCUT2D eigenvalue weighted by Gasteiger charge is 2.46. The molecule has 0 spiro atoms. The van der Waals surface area contributed by atoms with E-state index in [4.69, 9.17) is 0 Å². The van der Waals surface area contributed by atoms with Crippen LogP contribution in [0.2, 0.25) is 0 Å². The molecular formula is C12H12O3. The highest BCUT2D eigenvalue weighted by molar-refractivity contribution is 6.18. The molecule has 1 aromatic carbocycles. The van der Waals surface area contributed by atoms with Gasteiger partial charge in [-0.05, 0) is 6.92 Å². The van der Waals surface area contributed by atoms with Gasteiger partial charge in [0.1, 0.15) is 5.60 Å². The Labute approximate surface area is 87.7 Å². The number of carbonyl (C=O) groups is 2. The van der Waals surface area contributed by atoms with Gasteiger partial charge in [0.2, 0.25) is 0 Å². The topological polar surface area (TPSA) is 54.4 Å². The van der Waals surface area contributed by atoms with Crippen LogP contribution < -0.4 is 0 Å². The molecule has 0 aliphatic heterocycles. The summed E-state index contributed by atoms with van der Waals surface area (Å²) >= 11 is 0. The molecule has 2 rings (SSSR count). The Morgan fingerprint density at radius 2 is 1.73 bits per heavy atom. The van der Waals surface area contributed by atoms with Crippen molar-refractivity contribution in [3.8, 4) is 0 Å². The number of fused-ring (bicyclic) bond motifs is 1. The van der Waals surface area contributed by atoms with Crippen molar-refractivity contribution >= 4 is 11.6 Å². The summed E-state index contributed by atoms with van der Waals surface area (Å²) in [5.74, 6) is -1.22. The predicted molar refractivity (Wildman–Crippen MR) is 54.9 cm³/mol. The standard InChI is InChI=1S/C12H12O3/c1-7-10(13)8-5-3-4-6-9(8)11(14)12(7,2)15/h3-7,15H,1-2H3/t7-,12-/m1/s1. The molecule has 3 heteroatoms. The van der Waals surface area contributed by atoms with E-state index in [2.05, 4.69) is 0 Å². The first-order valence-corrected chi connectivity index (χ1v) is 4.86. The smallest absolute Gasteiger partial charge is 0.195 e. The van der Waals surface area contributed by atoms with Crippen LogP contribution in [0.1, 0.15) is 34.6 Å². The van der Waals surface area contributed by atoms with Gasteiger partial charge in [0.15, 0.2) is 11.6 Å². The summed E-state index contributed by atoms with van der Waals surface area (Å²) in [6, 6.07) is 6.62. The van der Waals surface area contributed by atoms with Gasteiger partial charge in [-0.2, -0.15) is 0 Å². The van der Waals surface area contributed by atoms with Crippen LogP contribution in [0.3, 0.4) is 0 Å². The number of aliphatic hydroxyl groups is 1. The molecule has 0 unspecified atom stereocenters. The molecule has 1 N–H and O–H groups in total. The summed E-state index contributed by atoms with van der Waals surface area (Å²) in [5.41, 5.74) is -0.835. The number of benzene rings is 1. The molecule has 1 aliphatic carbocycles. The van der Waals surface area contributed by atoms with Crippen LogP contribution in [0.15, 0.2) is 24.3 Å². The number of carbonyl (C=O) groups excluding carboxylic acids is 2. The molecule has 0 saturated carbocycles. The summed E-state index contributed by atoms with van der Waals surface area (Å²) in [6.45, 7) is 2.98. The van der Waals surface area contributed by atoms with Crippen LogP contribution in [0.5, 0.6) is 0 Å². The molecule has 2 atom stereocenters. The van der Waals surface area contributed by atoms with Gasteiger partial charge >= 0.3 is 0 Å². The number of Topliss-reactive ketones (excluding diaryl/α,β-unsaturated/α-hetero) is 2. The zero-order valence-electron chi connectivity index (χ0n) is 8.65. The highest BCUT2D eigenvalue weighted by Crippen LogP contribution is 2.32. The summed E-state index contributed by atoms with van der Waals surface area (Å²) in [7, 11) is 0. The van der Waals surface area contributed by atoms with Crippen molar-refractivity contribution in [3.05, 3.63) is 35.4 Å². The lowest BCUT2D eigenvalue weighted by Gasteiger charge is -2.33. The van der Waals surface area contributed by atoms with E-state index in [0.717, 1.165) is 0 Å². The molecule has 0 aromatic heterocycles. The highest BCUT2D eigenvalue weighted by atomic mass is 16.3. The third-order valence-corrected chi connectivity index (χ3v) is 3.13. The lowest BCUT2D eigenvalue weighted by atomic mass is 9.73. The van der Waals surface area contributed by atoms with Gasteiger partial charge < -0.3 is 5.11 Å². The Morgan fingerprint density at radius 3 is 2.33 bits per heavy atom. The molecule has 0 radical (unpaired) electrons. The number of ketones is 2. The first-order valence-electron chi connectivity index (χ1n) is 4.86. The molecule has 78 valence electrons. The fourth-order valence-electron chi connectivity index (χ4n) is 1.85. The quantitative estimate of drug-likeness (QED) is 0.696. The van der Waals surface area contributed by atoms with Gasteiger partial charge in [-0.15, -0.1) is 0 Å². The number of hydrogen-bond donors (Lipinski definition) is 1.